The van der Waals surface area contributed by atoms with Gasteiger partial charge in [0.25, 0.3) is 0 Å². The van der Waals surface area contributed by atoms with E-state index >= 15 is 0 Å². The quantitative estimate of drug-likeness (QED) is 0.0237. The SMILES string of the molecule is CCC(C)(C)C(=O)OC(C(C)C)C(C)C.CCC(C)(C)C(=O)OC(C)(C)C.CCC(C)(C)C(=O)OC(C)(C)C(C)(C)C.CCC(C)(C)C(=O)OC(C)CC(C)(C)C.CCC(C)(C)C(=O)OC1C2CCC(C2)C1C[Si](C)(C)C.CCC(C)(C)C(=O)OCC(C)(C)C.CCC(C)(C)C(=O)OCC(C)C.CCC(C)(C)C(=O)OCC[Si](C)(C)O[Si](C)(C)C.CCCCCCCCC(C)OC(=O)C(C)(C)CC.CCCCOC(=O)C(C)(C)CC. The molecule has 0 N–H and O–H groups in total. The zero-order chi connectivity index (χ0) is 121. The molecule has 0 amide bonds. The topological polar surface area (TPSA) is 272 Å². The number of hydrogen-bond donors (Lipinski definition) is 0. The molecule has 0 aromatic heterocycles. The molecule has 896 valence electrons. The smallest absolute Gasteiger partial charge is 0.312 e. The first-order valence-electron chi connectivity index (χ1n) is 58.7. The van der Waals surface area contributed by atoms with Crippen LogP contribution >= 0.6 is 0 Å². The van der Waals surface area contributed by atoms with Crippen LogP contribution in [-0.4, -0.2) is 146 Å². The summed E-state index contributed by atoms with van der Waals surface area (Å²) in [5.74, 6) is 2.56. The van der Waals surface area contributed by atoms with Crippen molar-refractivity contribution < 1.29 is 99.4 Å². The lowest BCUT2D eigenvalue weighted by Gasteiger charge is -2.40. The Balaban J connectivity index is -0.000000250. The van der Waals surface area contributed by atoms with Crippen LogP contribution in [0.15, 0.2) is 0 Å². The highest BCUT2D eigenvalue weighted by atomic mass is 28.4. The molecule has 2 aliphatic carbocycles. The Kier molecular flexibility index (Phi) is 76.7. The predicted molar refractivity (Wildman–Crippen MR) is 641 cm³/mol. The predicted octanol–water partition coefficient (Wildman–Crippen LogP) is 36.2. The Bertz CT molecular complexity index is 3710. The molecule has 0 heterocycles. The number of carbonyl (C=O) groups excluding carboxylic acids is 10. The fourth-order valence-electron chi connectivity index (χ4n) is 13.3. The van der Waals surface area contributed by atoms with Crippen LogP contribution in [0.25, 0.3) is 0 Å². The number of esters is 10. The van der Waals surface area contributed by atoms with Gasteiger partial charge in [0.1, 0.15) is 23.4 Å². The van der Waals surface area contributed by atoms with E-state index in [2.05, 4.69) is 163 Å². The fraction of sp³-hybridized carbons (Fsp3) is 0.921. The highest BCUT2D eigenvalue weighted by Gasteiger charge is 2.52. The summed E-state index contributed by atoms with van der Waals surface area (Å²) >= 11 is 0. The minimum absolute atomic E-state index is 0.00308. The van der Waals surface area contributed by atoms with Crippen LogP contribution in [0.4, 0.5) is 0 Å². The molecule has 2 saturated carbocycles. The summed E-state index contributed by atoms with van der Waals surface area (Å²) in [5.41, 5.74) is -4.06. The van der Waals surface area contributed by atoms with Gasteiger partial charge in [-0.3, -0.25) is 47.9 Å². The molecule has 6 unspecified atom stereocenters. The van der Waals surface area contributed by atoms with Crippen molar-refractivity contribution in [1.29, 1.82) is 0 Å². The van der Waals surface area contributed by atoms with Gasteiger partial charge in [-0.2, -0.15) is 0 Å². The van der Waals surface area contributed by atoms with Crippen LogP contribution in [0.3, 0.4) is 0 Å². The van der Waals surface area contributed by atoms with E-state index in [0.717, 1.165) is 102 Å². The summed E-state index contributed by atoms with van der Waals surface area (Å²) in [7, 11) is -4.28. The average molecular weight is 2190 g/mol. The Hall–Kier alpha value is -4.69. The van der Waals surface area contributed by atoms with Gasteiger partial charge in [0.2, 0.25) is 0 Å². The second-order valence-corrected chi connectivity index (χ2v) is 72.8. The lowest BCUT2D eigenvalue weighted by molar-refractivity contribution is -0.178. The van der Waals surface area contributed by atoms with Gasteiger partial charge in [-0.15, -0.1) is 0 Å². The van der Waals surface area contributed by atoms with Crippen molar-refractivity contribution in [3.63, 3.8) is 0 Å². The molecule has 0 spiro atoms. The summed E-state index contributed by atoms with van der Waals surface area (Å²) in [6.45, 7) is 128. The number of hydrogen-bond acceptors (Lipinski definition) is 21. The van der Waals surface area contributed by atoms with E-state index < -0.39 is 30.3 Å². The molecular formula is C126H254O21Si3. The number of ether oxygens (including phenoxy) is 10. The lowest BCUT2D eigenvalue weighted by Crippen LogP contribution is -2.44. The third-order valence-electron chi connectivity index (χ3n) is 29.5. The minimum Gasteiger partial charge on any atom is -0.465 e. The van der Waals surface area contributed by atoms with Crippen molar-refractivity contribution in [2.24, 2.45) is 106 Å². The molecule has 0 radical (unpaired) electrons. The van der Waals surface area contributed by atoms with E-state index in [9.17, 15) is 47.9 Å². The third-order valence-corrected chi connectivity index (χ3v) is 37.3. The summed E-state index contributed by atoms with van der Waals surface area (Å²) in [6, 6.07) is 2.20. The minimum atomic E-state index is -1.69. The second-order valence-electron chi connectivity index (χ2n) is 58.2. The van der Waals surface area contributed by atoms with E-state index in [4.69, 9.17) is 51.5 Å². The zero-order valence-corrected chi connectivity index (χ0v) is 114. The molecule has 0 aromatic rings. The molecule has 24 heteroatoms. The van der Waals surface area contributed by atoms with Crippen molar-refractivity contribution >= 4 is 84.4 Å². The molecule has 21 nitrogen and oxygen atoms in total. The maximum atomic E-state index is 12.4. The molecule has 2 rings (SSSR count). The zero-order valence-electron chi connectivity index (χ0n) is 111. The van der Waals surface area contributed by atoms with Crippen LogP contribution in [-0.2, 0) is 99.4 Å². The van der Waals surface area contributed by atoms with Gasteiger partial charge in [-0.25, -0.2) is 0 Å². The molecule has 2 aliphatic rings. The fourth-order valence-corrected chi connectivity index (χ4v) is 22.9. The van der Waals surface area contributed by atoms with Crippen LogP contribution in [0.1, 0.15) is 522 Å². The summed E-state index contributed by atoms with van der Waals surface area (Å²) in [5, 5.41) is 0. The normalized spacial score (nSPS) is 15.8. The molecule has 0 aliphatic heterocycles. The first-order chi connectivity index (χ1) is 67.0. The second kappa shape index (κ2) is 71.7. The molecular weight excluding hydrogens is 1930 g/mol. The maximum Gasteiger partial charge on any atom is 0.312 e. The van der Waals surface area contributed by atoms with Crippen LogP contribution in [0.5, 0.6) is 0 Å². The number of unbranched alkanes of at least 4 members (excludes halogenated alkanes) is 6. The number of rotatable bonds is 48. The van der Waals surface area contributed by atoms with Gasteiger partial charge in [-0.1, -0.05) is 251 Å². The average Bonchev–Trinajstić information content (AvgIpc) is 1.62. The van der Waals surface area contributed by atoms with Crippen LogP contribution < -0.4 is 0 Å². The standard InChI is InChI=1S/C17H32O2Si.C16H32O2.C13H30O3Si2.3C13H26O2.C11H22O2.3C10H20O2/c1-7-17(2,3)16(18)19-15-13-9-8-12(10-13)14(15)11-20(4,5)6;1-6-8-9-10-11-12-13-14(3)18-15(17)16(4,5)7-2;1-9-13(2,3)12(14)15-10-11-18(7,8)16-17(4,5)6;1-9-12(5,6)10(14)15-13(7,8)11(2,3)4;1-8-13(6,7)11(14)15-10(2)9-12(3,4)5;1-8-13(6,7)12(14)15-11(9(2)3)10(4)5;1-7-11(5,6)9(12)13-8-10(2,3)4;1-7-10(5,6)8(11)12-9(2,3)4;1-6-10(4,5)9(11)12-7-8(2)3;1-5-7-8-12-9(11)10(3,4)6-2/h12-15H,7-11H2,1-6H3;14H,6-13H2,1-5H3;9-11H2,1-8H3;9H2,1-8H3;10H,8-9H2,1-7H3;9-11H,8H2,1-7H3;7-8H2,1-6H3;7H2,1-6H3;8H,6-7H2,1-5H3;5-8H2,1-4H3. The lowest BCUT2D eigenvalue weighted by atomic mass is 9.78. The Morgan fingerprint density at radius 1 is 0.320 bits per heavy atom. The summed E-state index contributed by atoms with van der Waals surface area (Å²) in [6.07, 6.45) is 24.1. The monoisotopic (exact) mass is 2190 g/mol. The van der Waals surface area contributed by atoms with E-state index in [1.165, 1.54) is 63.8 Å². The van der Waals surface area contributed by atoms with Gasteiger partial charge < -0.3 is 51.5 Å². The first kappa shape index (κ1) is 161. The van der Waals surface area contributed by atoms with Crippen molar-refractivity contribution in [2.75, 3.05) is 26.4 Å². The molecule has 2 bridgehead atoms. The molecule has 0 aromatic carbocycles. The Labute approximate surface area is 932 Å². The van der Waals surface area contributed by atoms with Crippen LogP contribution in [0.2, 0.25) is 64.5 Å². The molecule has 6 atom stereocenters. The molecule has 0 saturated heterocycles. The summed E-state index contributed by atoms with van der Waals surface area (Å²) in [4.78, 5) is 117. The number of fused-ring (bicyclic) bond motifs is 2. The van der Waals surface area contributed by atoms with E-state index in [-0.39, 0.29) is 160 Å². The van der Waals surface area contributed by atoms with E-state index in [1.807, 2.05) is 263 Å². The number of carbonyl (C=O) groups is 10. The molecule has 2 fully saturated rings. The van der Waals surface area contributed by atoms with Crippen molar-refractivity contribution in [3.8, 4) is 0 Å². The van der Waals surface area contributed by atoms with E-state index in [0.29, 0.717) is 56.0 Å². The van der Waals surface area contributed by atoms with Crippen molar-refractivity contribution in [3.05, 3.63) is 0 Å². The third kappa shape index (κ3) is 75.3. The van der Waals surface area contributed by atoms with Gasteiger partial charge in [0.05, 0.1) is 92.8 Å². The summed E-state index contributed by atoms with van der Waals surface area (Å²) < 4.78 is 60.5. The van der Waals surface area contributed by atoms with Crippen molar-refractivity contribution in [1.82, 2.24) is 0 Å². The highest BCUT2D eigenvalue weighted by molar-refractivity contribution is 6.84. The van der Waals surface area contributed by atoms with Gasteiger partial charge >= 0.3 is 59.7 Å². The Morgan fingerprint density at radius 2 is 0.633 bits per heavy atom. The molecule has 150 heavy (non-hydrogen) atoms. The Morgan fingerprint density at radius 3 is 0.960 bits per heavy atom. The van der Waals surface area contributed by atoms with Crippen molar-refractivity contribution in [2.45, 2.75) is 622 Å². The van der Waals surface area contributed by atoms with Gasteiger partial charge in [0, 0.05) is 13.5 Å². The van der Waals surface area contributed by atoms with Gasteiger partial charge in [-0.05, 0) is 381 Å². The first-order valence-corrected chi connectivity index (χ1v) is 69.0. The van der Waals surface area contributed by atoms with Gasteiger partial charge in [0.15, 0.2) is 16.6 Å². The largest absolute Gasteiger partial charge is 0.465 e. The highest BCUT2D eigenvalue weighted by Crippen LogP contribution is 2.53. The van der Waals surface area contributed by atoms with E-state index in [1.54, 1.807) is 0 Å². The maximum absolute atomic E-state index is 12.4. The van der Waals surface area contributed by atoms with Crippen LogP contribution in [0, 0.1) is 106 Å².